The zero-order chi connectivity index (χ0) is 36.3. The third kappa shape index (κ3) is 14.9. The second-order valence-corrected chi connectivity index (χ2v) is 16.2. The summed E-state index contributed by atoms with van der Waals surface area (Å²) in [6.07, 6.45) is 33.5. The molecule has 9 nitrogen and oxygen atoms in total. The van der Waals surface area contributed by atoms with E-state index in [1.807, 2.05) is 19.0 Å². The van der Waals surface area contributed by atoms with Gasteiger partial charge in [0.15, 0.2) is 0 Å². The number of aromatic nitrogens is 2. The van der Waals surface area contributed by atoms with Crippen molar-refractivity contribution in [3.8, 4) is 0 Å². The third-order valence-corrected chi connectivity index (χ3v) is 11.3. The molecule has 1 aromatic heterocycles. The van der Waals surface area contributed by atoms with Gasteiger partial charge in [0.25, 0.3) is 0 Å². The first kappa shape index (κ1) is 40.8. The van der Waals surface area contributed by atoms with Crippen LogP contribution in [0.15, 0.2) is 36.8 Å². The first-order chi connectivity index (χ1) is 24.7. The van der Waals surface area contributed by atoms with Gasteiger partial charge < -0.3 is 19.2 Å². The Morgan fingerprint density at radius 3 is 2.02 bits per heavy atom. The first-order valence-corrected chi connectivity index (χ1v) is 20.2. The average molecular weight is 710 g/mol. The molecule has 0 spiro atoms. The molecule has 1 heterocycles. The van der Waals surface area contributed by atoms with Gasteiger partial charge in [0.1, 0.15) is 25.9 Å². The molecule has 4 aliphatic rings. The van der Waals surface area contributed by atoms with Crippen LogP contribution in [-0.2, 0) is 35.0 Å². The molecule has 0 saturated heterocycles. The van der Waals surface area contributed by atoms with Gasteiger partial charge in [-0.05, 0) is 114 Å². The molecule has 1 N–H and O–H groups in total. The van der Waals surface area contributed by atoms with Gasteiger partial charge in [-0.1, -0.05) is 63.3 Å². The SMILES string of the molecule is CCCCC/C=C\C/C=C\CCCCCCCC(=O)OCC(COC(=O)CC12CC3CC(CC(C3)C1)C2)COC(=O)[C@H](Cc1c[nH]cn1)N(C)C. The van der Waals surface area contributed by atoms with Crippen molar-refractivity contribution in [1.29, 1.82) is 0 Å². The molecule has 51 heavy (non-hydrogen) atoms. The number of ether oxygens (including phenoxy) is 3. The number of rotatable bonds is 26. The van der Waals surface area contributed by atoms with Crippen LogP contribution >= 0.6 is 0 Å². The van der Waals surface area contributed by atoms with Gasteiger partial charge in [-0.2, -0.15) is 0 Å². The number of carbonyl (C=O) groups is 3. The average Bonchev–Trinajstić information content (AvgIpc) is 3.61. The van der Waals surface area contributed by atoms with Crippen LogP contribution in [0, 0.1) is 29.1 Å². The van der Waals surface area contributed by atoms with Crippen LogP contribution in [0.2, 0.25) is 0 Å². The molecule has 4 aliphatic carbocycles. The Bertz CT molecular complexity index is 1190. The fraction of sp³-hybridized carbons (Fsp3) is 0.762. The van der Waals surface area contributed by atoms with Gasteiger partial charge >= 0.3 is 17.9 Å². The summed E-state index contributed by atoms with van der Waals surface area (Å²) in [4.78, 5) is 48.0. The summed E-state index contributed by atoms with van der Waals surface area (Å²) in [7, 11) is 3.66. The number of allylic oxidation sites excluding steroid dienone is 4. The highest BCUT2D eigenvalue weighted by Crippen LogP contribution is 2.61. The molecule has 0 aromatic carbocycles. The Hall–Kier alpha value is -2.94. The number of unbranched alkanes of at least 4 members (excludes halogenated alkanes) is 8. The number of nitrogens with zero attached hydrogens (tertiary/aromatic N) is 2. The smallest absolute Gasteiger partial charge is 0.323 e. The number of imidazole rings is 1. The van der Waals surface area contributed by atoms with Gasteiger partial charge in [-0.15, -0.1) is 0 Å². The van der Waals surface area contributed by atoms with Crippen molar-refractivity contribution in [1.82, 2.24) is 14.9 Å². The molecule has 4 fully saturated rings. The van der Waals surface area contributed by atoms with Crippen molar-refractivity contribution < 1.29 is 28.6 Å². The molecule has 0 amide bonds. The van der Waals surface area contributed by atoms with E-state index in [1.165, 1.54) is 51.4 Å². The van der Waals surface area contributed by atoms with Crippen molar-refractivity contribution >= 4 is 17.9 Å². The van der Waals surface area contributed by atoms with E-state index < -0.39 is 12.0 Å². The molecule has 1 aromatic rings. The van der Waals surface area contributed by atoms with E-state index in [2.05, 4.69) is 41.2 Å². The second kappa shape index (κ2) is 22.2. The normalized spacial score (nSPS) is 23.6. The first-order valence-electron chi connectivity index (χ1n) is 20.2. The lowest BCUT2D eigenvalue weighted by atomic mass is 9.49. The summed E-state index contributed by atoms with van der Waals surface area (Å²) in [6, 6.07) is -0.520. The van der Waals surface area contributed by atoms with Crippen LogP contribution in [0.3, 0.4) is 0 Å². The highest BCUT2D eigenvalue weighted by molar-refractivity contribution is 5.76. The molecule has 4 saturated carbocycles. The molecule has 5 rings (SSSR count). The van der Waals surface area contributed by atoms with E-state index in [4.69, 9.17) is 14.2 Å². The van der Waals surface area contributed by atoms with Crippen molar-refractivity contribution in [2.75, 3.05) is 33.9 Å². The highest BCUT2D eigenvalue weighted by atomic mass is 16.6. The Balaban J connectivity index is 1.15. The molecular weight excluding hydrogens is 642 g/mol. The van der Waals surface area contributed by atoms with E-state index in [-0.39, 0.29) is 43.1 Å². The van der Waals surface area contributed by atoms with Crippen LogP contribution < -0.4 is 0 Å². The number of aromatic amines is 1. The minimum absolute atomic E-state index is 0.00531. The minimum Gasteiger partial charge on any atom is -0.465 e. The Morgan fingerprint density at radius 1 is 0.824 bits per heavy atom. The Kier molecular flexibility index (Phi) is 17.8. The number of carbonyl (C=O) groups excluding carboxylic acids is 3. The molecular formula is C42H67N3O6. The number of hydrogen-bond acceptors (Lipinski definition) is 8. The fourth-order valence-corrected chi connectivity index (χ4v) is 8.96. The van der Waals surface area contributed by atoms with Gasteiger partial charge in [-0.25, -0.2) is 4.98 Å². The molecule has 286 valence electrons. The largest absolute Gasteiger partial charge is 0.465 e. The second-order valence-electron chi connectivity index (χ2n) is 16.2. The Morgan fingerprint density at radius 2 is 1.41 bits per heavy atom. The maximum absolute atomic E-state index is 13.2. The summed E-state index contributed by atoms with van der Waals surface area (Å²) in [5.41, 5.74) is 0.857. The molecule has 1 unspecified atom stereocenters. The van der Waals surface area contributed by atoms with Crippen molar-refractivity contribution in [2.45, 2.75) is 141 Å². The van der Waals surface area contributed by atoms with Crippen molar-refractivity contribution in [3.63, 3.8) is 0 Å². The van der Waals surface area contributed by atoms with E-state index in [9.17, 15) is 14.4 Å². The highest BCUT2D eigenvalue weighted by Gasteiger charge is 2.51. The predicted octanol–water partition coefficient (Wildman–Crippen LogP) is 8.55. The fourth-order valence-electron chi connectivity index (χ4n) is 8.96. The summed E-state index contributed by atoms with van der Waals surface area (Å²) >= 11 is 0. The zero-order valence-corrected chi connectivity index (χ0v) is 32.0. The third-order valence-electron chi connectivity index (χ3n) is 11.3. The molecule has 4 bridgehead atoms. The summed E-state index contributed by atoms with van der Waals surface area (Å²) in [6.45, 7) is 2.34. The van der Waals surface area contributed by atoms with Gasteiger partial charge in [-0.3, -0.25) is 19.3 Å². The molecule has 0 radical (unpaired) electrons. The zero-order valence-electron chi connectivity index (χ0n) is 32.0. The summed E-state index contributed by atoms with van der Waals surface area (Å²) in [5, 5.41) is 0. The van der Waals surface area contributed by atoms with E-state index in [1.54, 1.807) is 12.5 Å². The number of hydrogen-bond donors (Lipinski definition) is 1. The maximum Gasteiger partial charge on any atom is 0.323 e. The quantitative estimate of drug-likeness (QED) is 0.0441. The number of esters is 3. The van der Waals surface area contributed by atoms with Gasteiger partial charge in [0, 0.05) is 19.0 Å². The maximum atomic E-state index is 13.2. The van der Waals surface area contributed by atoms with Crippen LogP contribution in [0.5, 0.6) is 0 Å². The predicted molar refractivity (Wildman–Crippen MR) is 201 cm³/mol. The number of nitrogens with one attached hydrogen (secondary N) is 1. The van der Waals surface area contributed by atoms with Crippen molar-refractivity contribution in [3.05, 3.63) is 42.5 Å². The van der Waals surface area contributed by atoms with Crippen LogP contribution in [0.1, 0.15) is 135 Å². The summed E-state index contributed by atoms with van der Waals surface area (Å²) in [5.74, 6) is 1.03. The molecule has 2 atom stereocenters. The lowest BCUT2D eigenvalue weighted by Gasteiger charge is -2.56. The van der Waals surface area contributed by atoms with Crippen molar-refractivity contribution in [2.24, 2.45) is 29.1 Å². The number of likely N-dealkylation sites (N-methyl/N-ethyl adjacent to an activating group) is 1. The van der Waals surface area contributed by atoms with Gasteiger partial charge in [0.05, 0.1) is 24.4 Å². The number of H-pyrrole nitrogens is 1. The molecule has 9 heteroatoms. The standard InChI is InChI=1S/C42H67N3O6/c1-4-5-6-7-8-9-10-11-12-13-14-15-16-17-18-19-39(46)49-29-36(31-51-41(48)38(45(2)3)23-37-28-43-32-44-37)30-50-40(47)27-42-24-33-20-34(25-42)22-35(21-33)26-42/h8-9,11-12,28,32-36,38H,4-7,10,13-27,29-31H2,1-3H3,(H,43,44)/b9-8-,12-11-/t33?,34?,35?,36?,38-,42?/m0/s1. The lowest BCUT2D eigenvalue weighted by Crippen LogP contribution is -2.47. The van der Waals surface area contributed by atoms with Crippen LogP contribution in [-0.4, -0.2) is 72.7 Å². The van der Waals surface area contributed by atoms with E-state index in [0.717, 1.165) is 81.2 Å². The van der Waals surface area contributed by atoms with E-state index in [0.29, 0.717) is 19.3 Å². The lowest BCUT2D eigenvalue weighted by molar-refractivity contribution is -0.158. The summed E-state index contributed by atoms with van der Waals surface area (Å²) < 4.78 is 17.2. The minimum atomic E-state index is -0.520. The van der Waals surface area contributed by atoms with E-state index >= 15 is 0 Å². The van der Waals surface area contributed by atoms with Crippen LogP contribution in [0.4, 0.5) is 0 Å². The Labute approximate surface area is 307 Å². The molecule has 0 aliphatic heterocycles. The topological polar surface area (TPSA) is 111 Å². The van der Waals surface area contributed by atoms with Crippen LogP contribution in [0.25, 0.3) is 0 Å². The van der Waals surface area contributed by atoms with Gasteiger partial charge in [0.2, 0.25) is 0 Å². The monoisotopic (exact) mass is 710 g/mol.